The molecule has 0 spiro atoms. The van der Waals surface area contributed by atoms with Crippen LogP contribution in [0.2, 0.25) is 0 Å². The van der Waals surface area contributed by atoms with E-state index in [1.165, 1.54) is 33.7 Å². The lowest BCUT2D eigenvalue weighted by Gasteiger charge is -2.30. The first-order valence-corrected chi connectivity index (χ1v) is 18.1. The van der Waals surface area contributed by atoms with Gasteiger partial charge in [0, 0.05) is 47.0 Å². The molecule has 0 fully saturated rings. The molecule has 0 aromatic heterocycles. The van der Waals surface area contributed by atoms with E-state index in [4.69, 9.17) is 0 Å². The van der Waals surface area contributed by atoms with Crippen LogP contribution in [0.3, 0.4) is 0 Å². The van der Waals surface area contributed by atoms with Crippen LogP contribution in [0, 0.1) is 20.8 Å². The van der Waals surface area contributed by atoms with Gasteiger partial charge in [-0.25, -0.2) is 0 Å². The third-order valence-corrected chi connectivity index (χ3v) is 10.4. The van der Waals surface area contributed by atoms with Gasteiger partial charge in [-0.05, 0) is 104 Å². The minimum atomic E-state index is -4.01. The van der Waals surface area contributed by atoms with Gasteiger partial charge in [0.2, 0.25) is 5.69 Å². The van der Waals surface area contributed by atoms with E-state index in [1.54, 1.807) is 0 Å². The summed E-state index contributed by atoms with van der Waals surface area (Å²) >= 11 is 0. The molecule has 1 atom stereocenters. The number of hydrogen-bond acceptors (Lipinski definition) is 4. The van der Waals surface area contributed by atoms with E-state index in [1.807, 2.05) is 0 Å². The predicted molar refractivity (Wildman–Crippen MR) is 188 cm³/mol. The predicted octanol–water partition coefficient (Wildman–Crippen LogP) is 8.10. The highest BCUT2D eigenvalue weighted by molar-refractivity contribution is 7.85. The maximum atomic E-state index is 11.4. The molecule has 2 aliphatic rings. The second-order valence-electron chi connectivity index (χ2n) is 13.6. The van der Waals surface area contributed by atoms with Gasteiger partial charge in [0.1, 0.15) is 6.54 Å². The Morgan fingerprint density at radius 1 is 0.935 bits per heavy atom. The number of aliphatic carboxylic acids is 1. The number of nitrogens with zero attached hydrogens (tertiary/aromatic N) is 2. The summed E-state index contributed by atoms with van der Waals surface area (Å²) in [5, 5.41) is 9.22. The van der Waals surface area contributed by atoms with Crippen molar-refractivity contribution in [3.63, 3.8) is 0 Å². The van der Waals surface area contributed by atoms with E-state index in [0.29, 0.717) is 25.8 Å². The molecular weight excluding hydrogens is 596 g/mol. The lowest BCUT2D eigenvalue weighted by Crippen LogP contribution is -2.29. The molecule has 8 heteroatoms. The molecule has 0 saturated heterocycles. The Labute approximate surface area is 275 Å². The van der Waals surface area contributed by atoms with Crippen molar-refractivity contribution in [1.82, 2.24) is 0 Å². The SMILES string of the molecule is CC[N+]1=C(/C=C/C=C/C=C2/N(CCCCS(=O)(=O)O)c3ccc(C)cc3C2(C)CCCCC(=O)O)C(C)(C)c2cc(C)cc(C)c21. The molecule has 2 heterocycles. The van der Waals surface area contributed by atoms with Gasteiger partial charge in [-0.3, -0.25) is 9.35 Å². The summed E-state index contributed by atoms with van der Waals surface area (Å²) in [6, 6.07) is 11.0. The van der Waals surface area contributed by atoms with Crippen molar-refractivity contribution in [2.45, 2.75) is 97.8 Å². The summed E-state index contributed by atoms with van der Waals surface area (Å²) < 4.78 is 34.4. The monoisotopic (exact) mass is 647 g/mol. The normalized spacial score (nSPS) is 20.0. The molecule has 1 unspecified atom stereocenters. The van der Waals surface area contributed by atoms with Crippen LogP contribution in [0.25, 0.3) is 0 Å². The Bertz CT molecular complexity index is 1710. The Balaban J connectivity index is 1.67. The smallest absolute Gasteiger partial charge is 0.303 e. The molecule has 0 amide bonds. The van der Waals surface area contributed by atoms with Crippen molar-refractivity contribution < 1.29 is 27.4 Å². The number of allylic oxidation sites excluding steroid dienone is 6. The molecule has 0 aliphatic carbocycles. The van der Waals surface area contributed by atoms with Crippen molar-refractivity contribution in [2.24, 2.45) is 0 Å². The fraction of sp³-hybridized carbons (Fsp3) is 0.474. The number of hydrogen-bond donors (Lipinski definition) is 2. The van der Waals surface area contributed by atoms with E-state index < -0.39 is 16.1 Å². The van der Waals surface area contributed by atoms with Gasteiger partial charge < -0.3 is 10.0 Å². The van der Waals surface area contributed by atoms with Crippen LogP contribution in [0.4, 0.5) is 11.4 Å². The summed E-state index contributed by atoms with van der Waals surface area (Å²) in [4.78, 5) is 13.5. The van der Waals surface area contributed by atoms with Crippen LogP contribution in [0.1, 0.15) is 94.0 Å². The third-order valence-electron chi connectivity index (χ3n) is 9.61. The number of anilines is 1. The molecule has 46 heavy (non-hydrogen) atoms. The Kier molecular flexibility index (Phi) is 10.8. The van der Waals surface area contributed by atoms with Gasteiger partial charge in [-0.15, -0.1) is 0 Å². The zero-order chi connectivity index (χ0) is 33.9. The van der Waals surface area contributed by atoms with Crippen LogP contribution in [-0.4, -0.2) is 53.2 Å². The average molecular weight is 648 g/mol. The molecule has 0 radical (unpaired) electrons. The fourth-order valence-electron chi connectivity index (χ4n) is 7.35. The van der Waals surface area contributed by atoms with Crippen molar-refractivity contribution in [2.75, 3.05) is 23.7 Å². The van der Waals surface area contributed by atoms with E-state index in [-0.39, 0.29) is 23.0 Å². The van der Waals surface area contributed by atoms with Crippen LogP contribution in [0.5, 0.6) is 0 Å². The topological polar surface area (TPSA) is 97.9 Å². The Morgan fingerprint density at radius 3 is 2.33 bits per heavy atom. The van der Waals surface area contributed by atoms with Crippen LogP contribution in [-0.2, 0) is 25.7 Å². The lowest BCUT2D eigenvalue weighted by atomic mass is 9.76. The zero-order valence-electron chi connectivity index (χ0n) is 28.6. The van der Waals surface area contributed by atoms with Crippen molar-refractivity contribution in [3.05, 3.63) is 94.2 Å². The largest absolute Gasteiger partial charge is 0.481 e. The van der Waals surface area contributed by atoms with Crippen LogP contribution >= 0.6 is 0 Å². The lowest BCUT2D eigenvalue weighted by molar-refractivity contribution is -0.433. The Morgan fingerprint density at radius 2 is 1.65 bits per heavy atom. The summed E-state index contributed by atoms with van der Waals surface area (Å²) in [6.07, 6.45) is 13.9. The fourth-order valence-corrected chi connectivity index (χ4v) is 7.92. The number of aryl methyl sites for hydroxylation is 3. The van der Waals surface area contributed by atoms with Crippen LogP contribution in [0.15, 0.2) is 66.4 Å². The maximum Gasteiger partial charge on any atom is 0.303 e. The first kappa shape index (κ1) is 35.4. The van der Waals surface area contributed by atoms with Gasteiger partial charge in [0.15, 0.2) is 5.71 Å². The maximum absolute atomic E-state index is 11.4. The first-order chi connectivity index (χ1) is 21.6. The highest BCUT2D eigenvalue weighted by Gasteiger charge is 2.45. The number of carbonyl (C=O) groups is 1. The second-order valence-corrected chi connectivity index (χ2v) is 15.2. The number of fused-ring (bicyclic) bond motifs is 2. The minimum Gasteiger partial charge on any atom is -0.481 e. The van der Waals surface area contributed by atoms with Gasteiger partial charge in [0.05, 0.1) is 11.2 Å². The average Bonchev–Trinajstić information content (AvgIpc) is 3.32. The van der Waals surface area contributed by atoms with E-state index in [0.717, 1.165) is 36.3 Å². The summed E-state index contributed by atoms with van der Waals surface area (Å²) in [6.45, 7) is 16.9. The van der Waals surface area contributed by atoms with Gasteiger partial charge in [0.25, 0.3) is 10.1 Å². The summed E-state index contributed by atoms with van der Waals surface area (Å²) in [5.74, 6) is -1.04. The Hall–Kier alpha value is -3.49. The quantitative estimate of drug-likeness (QED) is 0.0931. The molecule has 2 aromatic carbocycles. The molecule has 2 aromatic rings. The molecule has 248 valence electrons. The van der Waals surface area contributed by atoms with Crippen molar-refractivity contribution >= 4 is 33.2 Å². The number of carboxylic acids is 1. The van der Waals surface area contributed by atoms with E-state index >= 15 is 0 Å². The highest BCUT2D eigenvalue weighted by Crippen LogP contribution is 2.51. The molecule has 4 rings (SSSR count). The molecule has 7 nitrogen and oxygen atoms in total. The number of carboxylic acid groups (broad SMARTS) is 1. The zero-order valence-corrected chi connectivity index (χ0v) is 29.4. The van der Waals surface area contributed by atoms with Gasteiger partial charge in [-0.1, -0.05) is 47.9 Å². The third kappa shape index (κ3) is 7.55. The van der Waals surface area contributed by atoms with Crippen molar-refractivity contribution in [3.8, 4) is 0 Å². The van der Waals surface area contributed by atoms with Crippen LogP contribution < -0.4 is 4.90 Å². The van der Waals surface area contributed by atoms with Gasteiger partial charge >= 0.3 is 5.97 Å². The highest BCUT2D eigenvalue weighted by atomic mass is 32.2. The standard InChI is InChI=1S/C38H50N2O5S/c1-8-39-33(37(5,6)31-26-28(3)24-29(4)36(31)39)16-10-9-11-17-34-38(7,21-13-12-18-35(41)42)30-25-27(2)19-20-32(30)40(34)22-14-15-23-46(43,44)45/h9-11,16-17,19-20,24-26H,8,12-15,18,21-23H2,1-7H3,(H-,41,42,43,44,45)/p+1. The minimum absolute atomic E-state index is 0.122. The summed E-state index contributed by atoms with van der Waals surface area (Å²) in [7, 11) is -4.01. The van der Waals surface area contributed by atoms with Gasteiger partial charge in [-0.2, -0.15) is 13.0 Å². The summed E-state index contributed by atoms with van der Waals surface area (Å²) in [5.41, 5.74) is 10.6. The van der Waals surface area contributed by atoms with Crippen molar-refractivity contribution in [1.29, 1.82) is 0 Å². The number of unbranched alkanes of at least 4 members (excludes halogenated alkanes) is 2. The number of benzene rings is 2. The van der Waals surface area contributed by atoms with E-state index in [2.05, 4.69) is 119 Å². The molecule has 0 bridgehead atoms. The number of rotatable bonds is 14. The molecule has 2 N–H and O–H groups in total. The molecule has 0 saturated carbocycles. The second kappa shape index (κ2) is 14.1. The molecule has 2 aliphatic heterocycles. The van der Waals surface area contributed by atoms with E-state index in [9.17, 15) is 22.9 Å². The first-order valence-electron chi connectivity index (χ1n) is 16.5. The molecular formula is C38H51N2O5S+.